The van der Waals surface area contributed by atoms with Gasteiger partial charge in [-0.25, -0.2) is 0 Å². The molecule has 0 fully saturated rings. The summed E-state index contributed by atoms with van der Waals surface area (Å²) >= 11 is 3.72. The molecule has 0 spiro atoms. The highest BCUT2D eigenvalue weighted by Gasteiger charge is 2.18. The molecular formula is C46H27NOS2. The maximum absolute atomic E-state index is 6.36. The maximum atomic E-state index is 6.36. The molecule has 0 atom stereocenters. The molecule has 3 heterocycles. The highest BCUT2D eigenvalue weighted by Crippen LogP contribution is 2.44. The first kappa shape index (κ1) is 28.0. The second kappa shape index (κ2) is 10.8. The SMILES string of the molecule is c1ccc2c(c1)ccc1sc3cc(-c4ccc(N(c5ccc6c(c5)oc5ccccc56)c5ccc6sc7ccccc7c6c5)cc4)ccc3c12. The molecule has 0 saturated carbocycles. The minimum absolute atomic E-state index is 0.886. The Labute approximate surface area is 295 Å². The Morgan fingerprint density at radius 3 is 1.92 bits per heavy atom. The molecule has 0 N–H and O–H groups in total. The van der Waals surface area contributed by atoms with Gasteiger partial charge < -0.3 is 9.32 Å². The van der Waals surface area contributed by atoms with Crippen molar-refractivity contribution in [3.8, 4) is 11.1 Å². The molecule has 11 rings (SSSR count). The molecule has 4 heteroatoms. The van der Waals surface area contributed by atoms with Crippen LogP contribution >= 0.6 is 22.7 Å². The molecule has 0 aliphatic rings. The third-order valence-electron chi connectivity index (χ3n) is 10.1. The second-order valence-corrected chi connectivity index (χ2v) is 15.1. The average Bonchev–Trinajstić information content (AvgIpc) is 3.86. The Morgan fingerprint density at radius 2 is 1.00 bits per heavy atom. The fourth-order valence-corrected chi connectivity index (χ4v) is 9.93. The Kier molecular flexibility index (Phi) is 6.03. The van der Waals surface area contributed by atoms with Crippen molar-refractivity contribution >= 4 is 113 Å². The molecule has 2 nitrogen and oxygen atoms in total. The molecule has 0 radical (unpaired) electrons. The summed E-state index contributed by atoms with van der Waals surface area (Å²) in [6.07, 6.45) is 0. The van der Waals surface area contributed by atoms with Crippen LogP contribution in [0.1, 0.15) is 0 Å². The largest absolute Gasteiger partial charge is 0.456 e. The van der Waals surface area contributed by atoms with E-state index in [1.54, 1.807) is 0 Å². The van der Waals surface area contributed by atoms with Crippen LogP contribution < -0.4 is 4.90 Å². The summed E-state index contributed by atoms with van der Waals surface area (Å²) in [7, 11) is 0. The molecule has 0 aliphatic carbocycles. The fraction of sp³-hybridized carbons (Fsp3) is 0. The van der Waals surface area contributed by atoms with Crippen molar-refractivity contribution in [3.05, 3.63) is 164 Å². The molecule has 0 amide bonds. The van der Waals surface area contributed by atoms with Crippen LogP contribution in [0.4, 0.5) is 17.1 Å². The Morgan fingerprint density at radius 1 is 0.360 bits per heavy atom. The minimum atomic E-state index is 0.886. The number of fused-ring (bicyclic) bond motifs is 11. The number of hydrogen-bond acceptors (Lipinski definition) is 4. The summed E-state index contributed by atoms with van der Waals surface area (Å²) in [5, 5.41) is 10.1. The van der Waals surface area contributed by atoms with Crippen molar-refractivity contribution in [3.63, 3.8) is 0 Å². The summed E-state index contributed by atoms with van der Waals surface area (Å²) in [6.45, 7) is 0. The summed E-state index contributed by atoms with van der Waals surface area (Å²) < 4.78 is 11.6. The van der Waals surface area contributed by atoms with Gasteiger partial charge in [-0.05, 0) is 88.6 Å². The predicted molar refractivity (Wildman–Crippen MR) is 217 cm³/mol. The van der Waals surface area contributed by atoms with Crippen molar-refractivity contribution in [2.75, 3.05) is 4.90 Å². The number of nitrogens with zero attached hydrogens (tertiary/aromatic N) is 1. The Balaban J connectivity index is 1.04. The number of furan rings is 1. The van der Waals surface area contributed by atoms with Crippen molar-refractivity contribution in [2.24, 2.45) is 0 Å². The van der Waals surface area contributed by atoms with Gasteiger partial charge in [-0.3, -0.25) is 0 Å². The highest BCUT2D eigenvalue weighted by atomic mass is 32.1. The van der Waals surface area contributed by atoms with E-state index >= 15 is 0 Å². The molecule has 0 bridgehead atoms. The number of rotatable bonds is 4. The van der Waals surface area contributed by atoms with Gasteiger partial charge in [0.25, 0.3) is 0 Å². The van der Waals surface area contributed by atoms with Crippen LogP contribution in [0.3, 0.4) is 0 Å². The van der Waals surface area contributed by atoms with Crippen LogP contribution in [0.2, 0.25) is 0 Å². The molecule has 3 aromatic heterocycles. The van der Waals surface area contributed by atoms with Crippen molar-refractivity contribution in [1.29, 1.82) is 0 Å². The molecule has 8 aromatic carbocycles. The third kappa shape index (κ3) is 4.26. The Bertz CT molecular complexity index is 3110. The molecule has 234 valence electrons. The van der Waals surface area contributed by atoms with Crippen LogP contribution in [-0.4, -0.2) is 0 Å². The number of hydrogen-bond donors (Lipinski definition) is 0. The minimum Gasteiger partial charge on any atom is -0.456 e. The topological polar surface area (TPSA) is 16.4 Å². The average molecular weight is 674 g/mol. The lowest BCUT2D eigenvalue weighted by molar-refractivity contribution is 0.669. The van der Waals surface area contributed by atoms with E-state index in [1.165, 1.54) is 62.2 Å². The van der Waals surface area contributed by atoms with Gasteiger partial charge in [0.2, 0.25) is 0 Å². The van der Waals surface area contributed by atoms with Crippen molar-refractivity contribution < 1.29 is 4.42 Å². The van der Waals surface area contributed by atoms with E-state index in [4.69, 9.17) is 4.42 Å². The van der Waals surface area contributed by atoms with Crippen LogP contribution in [0, 0.1) is 0 Å². The van der Waals surface area contributed by atoms with Gasteiger partial charge in [0.15, 0.2) is 0 Å². The molecular weight excluding hydrogens is 647 g/mol. The maximum Gasteiger partial charge on any atom is 0.137 e. The summed E-state index contributed by atoms with van der Waals surface area (Å²) in [6, 6.07) is 59.5. The predicted octanol–water partition coefficient (Wildman–Crippen LogP) is 14.6. The quantitative estimate of drug-likeness (QED) is 0.185. The smallest absolute Gasteiger partial charge is 0.137 e. The number of benzene rings is 8. The number of anilines is 3. The number of para-hydroxylation sites is 1. The van der Waals surface area contributed by atoms with E-state index in [0.29, 0.717) is 0 Å². The highest BCUT2D eigenvalue weighted by molar-refractivity contribution is 7.26. The van der Waals surface area contributed by atoms with Crippen LogP contribution in [0.5, 0.6) is 0 Å². The molecule has 50 heavy (non-hydrogen) atoms. The van der Waals surface area contributed by atoms with Gasteiger partial charge in [0, 0.05) is 74.2 Å². The summed E-state index contributed by atoms with van der Waals surface area (Å²) in [5.41, 5.74) is 7.48. The third-order valence-corrected chi connectivity index (χ3v) is 12.3. The lowest BCUT2D eigenvalue weighted by Gasteiger charge is -2.26. The standard InChI is InChI=1S/C46H27NOS2/c1-2-8-34-29(7-1)16-23-44-46(34)38-21-15-30(25-45(38)50-44)28-13-17-31(18-14-28)47(32-20-24-43-39(26-32)37-10-4-6-12-42(37)49-43)33-19-22-36-35-9-3-5-11-40(35)48-41(36)27-33/h1-27H. The summed E-state index contributed by atoms with van der Waals surface area (Å²) in [4.78, 5) is 2.35. The van der Waals surface area contributed by atoms with Gasteiger partial charge in [-0.2, -0.15) is 0 Å². The second-order valence-electron chi connectivity index (χ2n) is 12.9. The molecule has 0 unspecified atom stereocenters. The van der Waals surface area contributed by atoms with Gasteiger partial charge in [0.05, 0.1) is 0 Å². The van der Waals surface area contributed by atoms with E-state index in [0.717, 1.165) is 39.0 Å². The molecule has 11 aromatic rings. The van der Waals surface area contributed by atoms with E-state index in [2.05, 4.69) is 157 Å². The first-order valence-electron chi connectivity index (χ1n) is 16.8. The lowest BCUT2D eigenvalue weighted by Crippen LogP contribution is -2.09. The first-order chi connectivity index (χ1) is 24.7. The van der Waals surface area contributed by atoms with Crippen LogP contribution in [0.15, 0.2) is 168 Å². The van der Waals surface area contributed by atoms with Gasteiger partial charge >= 0.3 is 0 Å². The molecule has 0 aliphatic heterocycles. The normalized spacial score (nSPS) is 12.0. The zero-order valence-corrected chi connectivity index (χ0v) is 28.4. The van der Waals surface area contributed by atoms with Crippen LogP contribution in [0.25, 0.3) is 84.2 Å². The van der Waals surface area contributed by atoms with Crippen molar-refractivity contribution in [1.82, 2.24) is 0 Å². The van der Waals surface area contributed by atoms with E-state index in [9.17, 15) is 0 Å². The first-order valence-corrected chi connectivity index (χ1v) is 18.5. The zero-order chi connectivity index (χ0) is 32.8. The van der Waals surface area contributed by atoms with E-state index < -0.39 is 0 Å². The zero-order valence-electron chi connectivity index (χ0n) is 26.8. The van der Waals surface area contributed by atoms with Gasteiger partial charge in [-0.1, -0.05) is 91.0 Å². The van der Waals surface area contributed by atoms with E-state index in [-0.39, 0.29) is 0 Å². The fourth-order valence-electron chi connectivity index (χ4n) is 7.68. The van der Waals surface area contributed by atoms with Gasteiger partial charge in [0.1, 0.15) is 11.2 Å². The molecule has 0 saturated heterocycles. The van der Waals surface area contributed by atoms with Crippen molar-refractivity contribution in [2.45, 2.75) is 0 Å². The monoisotopic (exact) mass is 673 g/mol. The van der Waals surface area contributed by atoms with Crippen LogP contribution in [-0.2, 0) is 0 Å². The van der Waals surface area contributed by atoms with Gasteiger partial charge in [-0.15, -0.1) is 22.7 Å². The lowest BCUT2D eigenvalue weighted by atomic mass is 10.0. The number of thiophene rings is 2. The Hall–Kier alpha value is -5.94. The summed E-state index contributed by atoms with van der Waals surface area (Å²) in [5.74, 6) is 0. The van der Waals surface area contributed by atoms with E-state index in [1.807, 2.05) is 34.8 Å².